The summed E-state index contributed by atoms with van der Waals surface area (Å²) in [7, 11) is 0. The van der Waals surface area contributed by atoms with Crippen LogP contribution in [-0.4, -0.2) is 11.7 Å². The number of hydrogen-bond acceptors (Lipinski definition) is 1. The predicted molar refractivity (Wildman–Crippen MR) is 93.9 cm³/mol. The Labute approximate surface area is 138 Å². The highest BCUT2D eigenvalue weighted by molar-refractivity contribution is 5.03. The Bertz CT molecular complexity index is 365. The second-order valence-corrected chi connectivity index (χ2v) is 9.06. The van der Waals surface area contributed by atoms with Crippen LogP contribution in [0, 0.1) is 29.6 Å². The van der Waals surface area contributed by atoms with E-state index in [0.29, 0.717) is 11.7 Å². The molecule has 4 rings (SSSR count). The first-order valence-corrected chi connectivity index (χ1v) is 10.2. The second-order valence-electron chi connectivity index (χ2n) is 9.06. The van der Waals surface area contributed by atoms with Crippen LogP contribution in [0.1, 0.15) is 91.9 Å². The molecule has 0 aromatic carbocycles. The predicted octanol–water partition coefficient (Wildman–Crippen LogP) is 6.21. The van der Waals surface area contributed by atoms with Crippen LogP contribution in [0.15, 0.2) is 0 Å². The van der Waals surface area contributed by atoms with Crippen molar-refractivity contribution >= 4 is 0 Å². The molecule has 0 amide bonds. The number of epoxide rings is 1. The van der Waals surface area contributed by atoms with E-state index in [1.165, 1.54) is 50.4 Å². The van der Waals surface area contributed by atoms with Gasteiger partial charge in [0.25, 0.3) is 0 Å². The largest absolute Gasteiger partial charge is 0.366 e. The van der Waals surface area contributed by atoms with Crippen LogP contribution in [0.25, 0.3) is 0 Å². The van der Waals surface area contributed by atoms with Crippen LogP contribution in [0.5, 0.6) is 0 Å². The molecular formula is C21H38O. The molecule has 7 atom stereocenters. The molecule has 4 aliphatic rings. The molecule has 0 N–H and O–H groups in total. The van der Waals surface area contributed by atoms with Crippen molar-refractivity contribution in [1.29, 1.82) is 0 Å². The molecule has 22 heavy (non-hydrogen) atoms. The van der Waals surface area contributed by atoms with E-state index in [0.717, 1.165) is 17.8 Å². The third kappa shape index (κ3) is 3.89. The Kier molecular flexibility index (Phi) is 5.22. The minimum Gasteiger partial charge on any atom is -0.366 e. The third-order valence-electron chi connectivity index (χ3n) is 7.36. The number of ether oxygens (including phenoxy) is 1. The monoisotopic (exact) mass is 306 g/mol. The van der Waals surface area contributed by atoms with Crippen LogP contribution >= 0.6 is 0 Å². The lowest BCUT2D eigenvalue weighted by Gasteiger charge is -2.26. The quantitative estimate of drug-likeness (QED) is 0.562. The van der Waals surface area contributed by atoms with Crippen LogP contribution in [0.2, 0.25) is 0 Å². The van der Waals surface area contributed by atoms with Gasteiger partial charge in [-0.25, -0.2) is 0 Å². The number of hydrogen-bond donors (Lipinski definition) is 0. The van der Waals surface area contributed by atoms with Crippen molar-refractivity contribution in [2.45, 2.75) is 104 Å². The van der Waals surface area contributed by atoms with E-state index >= 15 is 0 Å². The van der Waals surface area contributed by atoms with Gasteiger partial charge in [0.2, 0.25) is 0 Å². The van der Waals surface area contributed by atoms with E-state index in [1.807, 2.05) is 0 Å². The molecule has 3 saturated carbocycles. The fourth-order valence-electron chi connectivity index (χ4n) is 5.14. The first kappa shape index (κ1) is 16.8. The van der Waals surface area contributed by atoms with E-state index in [-0.39, 0.29) is 0 Å². The molecule has 1 nitrogen and oxygen atoms in total. The zero-order chi connectivity index (χ0) is 15.7. The first-order valence-electron chi connectivity index (χ1n) is 10.2. The van der Waals surface area contributed by atoms with Crippen molar-refractivity contribution < 1.29 is 4.74 Å². The maximum atomic E-state index is 5.69. The van der Waals surface area contributed by atoms with E-state index < -0.39 is 0 Å². The molecule has 1 aliphatic heterocycles. The Morgan fingerprint density at radius 3 is 2.50 bits per heavy atom. The summed E-state index contributed by atoms with van der Waals surface area (Å²) >= 11 is 0. The van der Waals surface area contributed by atoms with Gasteiger partial charge in [-0.05, 0) is 75.0 Å². The third-order valence-corrected chi connectivity index (χ3v) is 7.36. The van der Waals surface area contributed by atoms with Gasteiger partial charge in [-0.3, -0.25) is 0 Å². The van der Waals surface area contributed by atoms with E-state index in [1.54, 1.807) is 25.7 Å². The van der Waals surface area contributed by atoms with Gasteiger partial charge in [0.15, 0.2) is 0 Å². The molecule has 1 saturated heterocycles. The van der Waals surface area contributed by atoms with Crippen LogP contribution in [0.4, 0.5) is 0 Å². The summed E-state index contributed by atoms with van der Waals surface area (Å²) in [6.07, 6.45) is 15.1. The minimum atomic E-state index is 0.309. The average molecular weight is 307 g/mol. The molecule has 128 valence electrons. The number of fused-ring (bicyclic) bond motifs is 2. The lowest BCUT2D eigenvalue weighted by Crippen LogP contribution is -2.24. The summed E-state index contributed by atoms with van der Waals surface area (Å²) in [5, 5.41) is 0. The van der Waals surface area contributed by atoms with Gasteiger partial charge < -0.3 is 4.74 Å². The fourth-order valence-corrected chi connectivity index (χ4v) is 5.14. The van der Waals surface area contributed by atoms with E-state index in [2.05, 4.69) is 27.7 Å². The summed E-state index contributed by atoms with van der Waals surface area (Å²) in [6, 6.07) is 0. The second kappa shape index (κ2) is 6.83. The van der Waals surface area contributed by atoms with Gasteiger partial charge in [0, 0.05) is 0 Å². The zero-order valence-electron chi connectivity index (χ0n) is 15.4. The Morgan fingerprint density at radius 2 is 1.86 bits per heavy atom. The first-order chi connectivity index (χ1) is 10.6. The smallest absolute Gasteiger partial charge is 0.0920 e. The molecule has 0 radical (unpaired) electrons. The summed E-state index contributed by atoms with van der Waals surface area (Å²) < 4.78 is 5.69. The maximum absolute atomic E-state index is 5.69. The van der Waals surface area contributed by atoms with Gasteiger partial charge in [-0.2, -0.15) is 0 Å². The van der Waals surface area contributed by atoms with Gasteiger partial charge in [0.1, 0.15) is 0 Å². The molecule has 0 spiro atoms. The summed E-state index contributed by atoms with van der Waals surface area (Å²) in [5.74, 6) is 5.33. The van der Waals surface area contributed by atoms with E-state index in [4.69, 9.17) is 4.74 Å². The average Bonchev–Trinajstić information content (AvgIpc) is 3.40. The van der Waals surface area contributed by atoms with Gasteiger partial charge in [0.05, 0.1) is 11.7 Å². The molecular weight excluding hydrogens is 268 g/mol. The summed E-state index contributed by atoms with van der Waals surface area (Å²) in [5.41, 5.74) is 0.309. The van der Waals surface area contributed by atoms with E-state index in [9.17, 15) is 0 Å². The SMILES string of the molecule is CCC(C)C1CCC2(C)OC2C1.CCCC1CCC2CC2C1. The molecule has 7 unspecified atom stereocenters. The minimum absolute atomic E-state index is 0.309. The van der Waals surface area contributed by atoms with Crippen LogP contribution in [-0.2, 0) is 4.74 Å². The van der Waals surface area contributed by atoms with Gasteiger partial charge >= 0.3 is 0 Å². The van der Waals surface area contributed by atoms with Crippen molar-refractivity contribution in [3.8, 4) is 0 Å². The van der Waals surface area contributed by atoms with Crippen LogP contribution in [0.3, 0.4) is 0 Å². The molecule has 1 heterocycles. The van der Waals surface area contributed by atoms with Crippen molar-refractivity contribution in [3.63, 3.8) is 0 Å². The van der Waals surface area contributed by atoms with Crippen molar-refractivity contribution in [1.82, 2.24) is 0 Å². The summed E-state index contributed by atoms with van der Waals surface area (Å²) in [6.45, 7) is 9.27. The number of rotatable bonds is 4. The maximum Gasteiger partial charge on any atom is 0.0920 e. The van der Waals surface area contributed by atoms with Gasteiger partial charge in [-0.1, -0.05) is 46.5 Å². The van der Waals surface area contributed by atoms with Crippen molar-refractivity contribution in [3.05, 3.63) is 0 Å². The molecule has 3 aliphatic carbocycles. The lowest BCUT2D eigenvalue weighted by molar-refractivity contribution is 0.258. The topological polar surface area (TPSA) is 12.5 Å². The molecule has 0 aromatic rings. The van der Waals surface area contributed by atoms with Gasteiger partial charge in [-0.15, -0.1) is 0 Å². The van der Waals surface area contributed by atoms with Crippen molar-refractivity contribution in [2.75, 3.05) is 0 Å². The molecule has 0 aromatic heterocycles. The molecule has 0 bridgehead atoms. The highest BCUT2D eigenvalue weighted by Gasteiger charge is 2.55. The zero-order valence-corrected chi connectivity index (χ0v) is 15.4. The normalized spacial score (nSPS) is 46.6. The molecule has 4 fully saturated rings. The van der Waals surface area contributed by atoms with Crippen LogP contribution < -0.4 is 0 Å². The Hall–Kier alpha value is -0.0400. The fraction of sp³-hybridized carbons (Fsp3) is 1.00. The standard InChI is InChI=1S/C11H20O.C10H18/c1-4-8(2)9-5-6-11(3)10(7-9)12-11;1-2-3-8-4-5-9-7-10(9)6-8/h8-10H,4-7H2,1-3H3;8-10H,2-7H2,1H3. The van der Waals surface area contributed by atoms with Crippen molar-refractivity contribution in [2.24, 2.45) is 29.6 Å². The molecule has 1 heteroatoms. The Morgan fingerprint density at radius 1 is 1.05 bits per heavy atom. The summed E-state index contributed by atoms with van der Waals surface area (Å²) in [4.78, 5) is 0. The highest BCUT2D eigenvalue weighted by atomic mass is 16.6. The highest BCUT2D eigenvalue weighted by Crippen LogP contribution is 2.52. The lowest BCUT2D eigenvalue weighted by atomic mass is 9.76. The Balaban J connectivity index is 0.000000133.